The molecule has 0 unspecified atom stereocenters. The quantitative estimate of drug-likeness (QED) is 0.736. The summed E-state index contributed by atoms with van der Waals surface area (Å²) in [6.45, 7) is 0.340. The second-order valence-electron chi connectivity index (χ2n) is 4.61. The molecule has 94 valence electrons. The third-order valence-corrected chi connectivity index (χ3v) is 4.28. The van der Waals surface area contributed by atoms with Crippen LogP contribution in [0.25, 0.3) is 0 Å². The fourth-order valence-corrected chi connectivity index (χ4v) is 3.50. The number of benzene rings is 1. The van der Waals surface area contributed by atoms with E-state index >= 15 is 0 Å². The molecule has 3 nitrogen and oxygen atoms in total. The molecule has 0 radical (unpaired) electrons. The van der Waals surface area contributed by atoms with Crippen molar-refractivity contribution in [2.45, 2.75) is 31.1 Å². The lowest BCUT2D eigenvalue weighted by Crippen LogP contribution is -2.33. The maximum atomic E-state index is 14.1. The highest BCUT2D eigenvalue weighted by atomic mass is 79.9. The zero-order valence-corrected chi connectivity index (χ0v) is 10.9. The minimum absolute atomic E-state index is 0.340. The van der Waals surface area contributed by atoms with Crippen LogP contribution in [0.15, 0.2) is 10.5 Å². The zero-order valence-electron chi connectivity index (χ0n) is 9.34. The second-order valence-corrected chi connectivity index (χ2v) is 5.46. The molecular weight excluding hydrogens is 289 g/mol. The van der Waals surface area contributed by atoms with Crippen molar-refractivity contribution in [3.8, 4) is 11.5 Å². The van der Waals surface area contributed by atoms with E-state index in [0.29, 0.717) is 16.6 Å². The molecule has 17 heavy (non-hydrogen) atoms. The third-order valence-electron chi connectivity index (χ3n) is 3.65. The summed E-state index contributed by atoms with van der Waals surface area (Å²) < 4.78 is 14.6. The van der Waals surface area contributed by atoms with E-state index < -0.39 is 22.7 Å². The van der Waals surface area contributed by atoms with Crippen LogP contribution in [-0.4, -0.2) is 16.8 Å². The van der Waals surface area contributed by atoms with Gasteiger partial charge in [0.05, 0.1) is 0 Å². The van der Waals surface area contributed by atoms with Gasteiger partial charge in [-0.05, 0) is 18.9 Å². The molecule has 2 rings (SSSR count). The fourth-order valence-electron chi connectivity index (χ4n) is 2.69. The van der Waals surface area contributed by atoms with Crippen LogP contribution in [-0.2, 0) is 5.41 Å². The Kier molecular flexibility index (Phi) is 3.32. The molecule has 1 saturated carbocycles. The van der Waals surface area contributed by atoms with E-state index in [1.807, 2.05) is 0 Å². The number of phenolic OH excluding ortho intramolecular Hbond substituents is 2. The van der Waals surface area contributed by atoms with E-state index in [4.69, 9.17) is 5.73 Å². The number of phenols is 2. The summed E-state index contributed by atoms with van der Waals surface area (Å²) in [4.78, 5) is 0. The molecule has 0 bridgehead atoms. The van der Waals surface area contributed by atoms with Crippen molar-refractivity contribution in [2.75, 3.05) is 6.54 Å². The molecule has 1 fully saturated rings. The molecule has 0 aliphatic heterocycles. The summed E-state index contributed by atoms with van der Waals surface area (Å²) in [6.07, 6.45) is 3.63. The van der Waals surface area contributed by atoms with Crippen LogP contribution in [0.1, 0.15) is 31.2 Å². The number of nitrogens with two attached hydrogens (primary N) is 1. The highest BCUT2D eigenvalue weighted by molar-refractivity contribution is 9.10. The molecule has 1 aromatic rings. The van der Waals surface area contributed by atoms with Gasteiger partial charge in [0.15, 0.2) is 17.3 Å². The van der Waals surface area contributed by atoms with Crippen LogP contribution in [0.5, 0.6) is 11.5 Å². The van der Waals surface area contributed by atoms with Crippen LogP contribution >= 0.6 is 15.9 Å². The summed E-state index contributed by atoms with van der Waals surface area (Å²) in [5.41, 5.74) is 5.77. The molecule has 4 N–H and O–H groups in total. The van der Waals surface area contributed by atoms with E-state index in [1.165, 1.54) is 6.07 Å². The fraction of sp³-hybridized carbons (Fsp3) is 0.500. The number of rotatable bonds is 2. The van der Waals surface area contributed by atoms with Crippen LogP contribution in [0.2, 0.25) is 0 Å². The zero-order chi connectivity index (χ0) is 12.6. The van der Waals surface area contributed by atoms with Gasteiger partial charge in [-0.1, -0.05) is 28.8 Å². The summed E-state index contributed by atoms with van der Waals surface area (Å²) in [6, 6.07) is 1.32. The normalized spacial score (nSPS) is 18.5. The number of aromatic hydroxyl groups is 2. The van der Waals surface area contributed by atoms with Crippen molar-refractivity contribution >= 4 is 15.9 Å². The van der Waals surface area contributed by atoms with E-state index in [-0.39, 0.29) is 0 Å². The first kappa shape index (κ1) is 12.6. The molecule has 0 heterocycles. The van der Waals surface area contributed by atoms with Crippen LogP contribution < -0.4 is 5.73 Å². The van der Waals surface area contributed by atoms with Crippen LogP contribution in [0, 0.1) is 5.82 Å². The number of halogens is 2. The molecule has 0 spiro atoms. The topological polar surface area (TPSA) is 66.5 Å². The van der Waals surface area contributed by atoms with Gasteiger partial charge in [-0.15, -0.1) is 0 Å². The van der Waals surface area contributed by atoms with Crippen LogP contribution in [0.4, 0.5) is 4.39 Å². The largest absolute Gasteiger partial charge is 0.504 e. The highest BCUT2D eigenvalue weighted by Gasteiger charge is 2.39. The summed E-state index contributed by atoms with van der Waals surface area (Å²) in [5.74, 6) is -1.91. The Hall–Kier alpha value is -0.810. The van der Waals surface area contributed by atoms with Gasteiger partial charge in [-0.25, -0.2) is 4.39 Å². The Morgan fingerprint density at radius 1 is 1.35 bits per heavy atom. The molecule has 0 amide bonds. The van der Waals surface area contributed by atoms with Gasteiger partial charge in [-0.3, -0.25) is 0 Å². The van der Waals surface area contributed by atoms with Crippen molar-refractivity contribution in [3.63, 3.8) is 0 Å². The Balaban J connectivity index is 2.62. The summed E-state index contributed by atoms with van der Waals surface area (Å²) in [5, 5.41) is 18.8. The Bertz CT molecular complexity index is 445. The molecule has 0 atom stereocenters. The van der Waals surface area contributed by atoms with E-state index in [1.54, 1.807) is 0 Å². The standard InChI is InChI=1S/C12H15BrFNO2/c13-7-5-8(16)11(17)10(14)9(7)12(6-15)3-1-2-4-12/h5,16-17H,1-4,6,15H2. The van der Waals surface area contributed by atoms with E-state index in [0.717, 1.165) is 25.7 Å². The van der Waals surface area contributed by atoms with Gasteiger partial charge in [0.2, 0.25) is 0 Å². The van der Waals surface area contributed by atoms with Crippen LogP contribution in [0.3, 0.4) is 0 Å². The van der Waals surface area contributed by atoms with E-state index in [9.17, 15) is 14.6 Å². The molecule has 5 heteroatoms. The van der Waals surface area contributed by atoms with Crippen molar-refractivity contribution in [2.24, 2.45) is 5.73 Å². The monoisotopic (exact) mass is 303 g/mol. The number of hydrogen-bond acceptors (Lipinski definition) is 3. The van der Waals surface area contributed by atoms with Gasteiger partial charge >= 0.3 is 0 Å². The highest BCUT2D eigenvalue weighted by Crippen LogP contribution is 2.47. The molecule has 0 aromatic heterocycles. The minimum Gasteiger partial charge on any atom is -0.504 e. The summed E-state index contributed by atoms with van der Waals surface area (Å²) in [7, 11) is 0. The molecule has 1 aliphatic rings. The average molecular weight is 304 g/mol. The van der Waals surface area contributed by atoms with Crippen molar-refractivity contribution in [3.05, 3.63) is 21.9 Å². The van der Waals surface area contributed by atoms with Gasteiger partial charge in [0, 0.05) is 22.0 Å². The second kappa shape index (κ2) is 4.46. The first-order valence-electron chi connectivity index (χ1n) is 5.62. The maximum absolute atomic E-state index is 14.1. The first-order chi connectivity index (χ1) is 8.02. The lowest BCUT2D eigenvalue weighted by atomic mass is 9.78. The van der Waals surface area contributed by atoms with Crippen molar-refractivity contribution in [1.29, 1.82) is 0 Å². The molecule has 0 saturated heterocycles. The average Bonchev–Trinajstić information content (AvgIpc) is 2.76. The van der Waals surface area contributed by atoms with Gasteiger partial charge in [-0.2, -0.15) is 0 Å². The Morgan fingerprint density at radius 2 is 1.94 bits per heavy atom. The van der Waals surface area contributed by atoms with E-state index in [2.05, 4.69) is 15.9 Å². The summed E-state index contributed by atoms with van der Waals surface area (Å²) >= 11 is 3.25. The SMILES string of the molecule is NCC1(c2c(Br)cc(O)c(O)c2F)CCCC1. The first-order valence-corrected chi connectivity index (χ1v) is 6.41. The van der Waals surface area contributed by atoms with Gasteiger partial charge in [0.25, 0.3) is 0 Å². The smallest absolute Gasteiger partial charge is 0.194 e. The van der Waals surface area contributed by atoms with Crippen molar-refractivity contribution in [1.82, 2.24) is 0 Å². The number of hydrogen-bond donors (Lipinski definition) is 3. The Labute approximate surface area is 108 Å². The predicted octanol–water partition coefficient (Wildman–Crippen LogP) is 2.77. The lowest BCUT2D eigenvalue weighted by molar-refractivity contribution is 0.359. The maximum Gasteiger partial charge on any atom is 0.194 e. The lowest BCUT2D eigenvalue weighted by Gasteiger charge is -2.29. The molecule has 1 aliphatic carbocycles. The van der Waals surface area contributed by atoms with Gasteiger partial charge < -0.3 is 15.9 Å². The molecule has 1 aromatic carbocycles. The predicted molar refractivity (Wildman–Crippen MR) is 66.6 cm³/mol. The third kappa shape index (κ3) is 1.91. The molecular formula is C12H15BrFNO2. The van der Waals surface area contributed by atoms with Crippen molar-refractivity contribution < 1.29 is 14.6 Å². The minimum atomic E-state index is -0.760. The Morgan fingerprint density at radius 3 is 2.47 bits per heavy atom. The van der Waals surface area contributed by atoms with Gasteiger partial charge in [0.1, 0.15) is 0 Å².